The van der Waals surface area contributed by atoms with Crippen LogP contribution in [0.2, 0.25) is 0 Å². The van der Waals surface area contributed by atoms with Crippen LogP contribution in [-0.4, -0.2) is 29.2 Å². The van der Waals surface area contributed by atoms with Crippen LogP contribution in [0.25, 0.3) is 0 Å². The van der Waals surface area contributed by atoms with Gasteiger partial charge in [-0.2, -0.15) is 0 Å². The Bertz CT molecular complexity index is 982. The van der Waals surface area contributed by atoms with E-state index in [1.165, 1.54) is 5.56 Å². The molecule has 5 nitrogen and oxygen atoms in total. The highest BCUT2D eigenvalue weighted by atomic mass is 16.2. The maximum Gasteiger partial charge on any atom is 0.325 e. The summed E-state index contributed by atoms with van der Waals surface area (Å²) in [6, 6.07) is 14.8. The van der Waals surface area contributed by atoms with Crippen molar-refractivity contribution in [2.45, 2.75) is 57.4 Å². The molecular formula is C25H28N2O3. The number of benzene rings is 2. The second kappa shape index (κ2) is 8.05. The summed E-state index contributed by atoms with van der Waals surface area (Å²) in [5.74, 6) is -0.116. The molecule has 3 amide bonds. The van der Waals surface area contributed by atoms with E-state index in [-0.39, 0.29) is 18.2 Å². The van der Waals surface area contributed by atoms with Gasteiger partial charge in [0.25, 0.3) is 5.91 Å². The summed E-state index contributed by atoms with van der Waals surface area (Å²) in [4.78, 5) is 40.2. The van der Waals surface area contributed by atoms with Crippen LogP contribution < -0.4 is 5.32 Å². The van der Waals surface area contributed by atoms with E-state index in [0.717, 1.165) is 41.7 Å². The number of amides is 3. The lowest BCUT2D eigenvalue weighted by Gasteiger charge is -2.27. The van der Waals surface area contributed by atoms with E-state index >= 15 is 0 Å². The Morgan fingerprint density at radius 3 is 2.57 bits per heavy atom. The predicted octanol–water partition coefficient (Wildman–Crippen LogP) is 4.56. The number of carbonyl (C=O) groups excluding carboxylic acids is 3. The van der Waals surface area contributed by atoms with E-state index in [1.807, 2.05) is 36.4 Å². The van der Waals surface area contributed by atoms with Gasteiger partial charge in [0, 0.05) is 5.56 Å². The summed E-state index contributed by atoms with van der Waals surface area (Å²) in [6.45, 7) is 4.04. The first-order valence-corrected chi connectivity index (χ1v) is 10.8. The first-order chi connectivity index (χ1) is 14.5. The lowest BCUT2D eigenvalue weighted by atomic mass is 9.84. The maximum absolute atomic E-state index is 13.4. The molecule has 1 heterocycles. The fourth-order valence-electron chi connectivity index (χ4n) is 4.58. The number of nitrogens with one attached hydrogen (secondary N) is 1. The zero-order chi connectivity index (χ0) is 21.3. The Labute approximate surface area is 177 Å². The molecule has 30 heavy (non-hydrogen) atoms. The van der Waals surface area contributed by atoms with Crippen molar-refractivity contribution in [1.29, 1.82) is 0 Å². The Morgan fingerprint density at radius 1 is 1.10 bits per heavy atom. The van der Waals surface area contributed by atoms with Crippen molar-refractivity contribution >= 4 is 17.7 Å². The van der Waals surface area contributed by atoms with Crippen molar-refractivity contribution in [2.24, 2.45) is 0 Å². The summed E-state index contributed by atoms with van der Waals surface area (Å²) in [5, 5.41) is 2.94. The quantitative estimate of drug-likeness (QED) is 0.587. The standard InChI is InChI=1S/C25H28N2O3/c1-3-17(2)18-11-13-20(14-12-18)22(28)16-27-23(29)25(26-24(27)30)15-7-6-9-19-8-4-5-10-21(19)25/h4-5,8,10-14,17H,3,6-7,9,15-16H2,1-2H3,(H,26,30). The van der Waals surface area contributed by atoms with E-state index in [2.05, 4.69) is 19.2 Å². The minimum atomic E-state index is -1.05. The van der Waals surface area contributed by atoms with Crippen LogP contribution in [0.5, 0.6) is 0 Å². The molecule has 2 aromatic rings. The fourth-order valence-corrected chi connectivity index (χ4v) is 4.58. The third-order valence-electron chi connectivity index (χ3n) is 6.62. The highest BCUT2D eigenvalue weighted by Gasteiger charge is 2.53. The van der Waals surface area contributed by atoms with Crippen LogP contribution in [0, 0.1) is 0 Å². The highest BCUT2D eigenvalue weighted by Crippen LogP contribution is 2.39. The molecule has 0 aromatic heterocycles. The number of urea groups is 1. The van der Waals surface area contributed by atoms with Gasteiger partial charge in [0.05, 0.1) is 6.54 Å². The van der Waals surface area contributed by atoms with Crippen molar-refractivity contribution in [3.8, 4) is 0 Å². The van der Waals surface area contributed by atoms with Gasteiger partial charge >= 0.3 is 6.03 Å². The Morgan fingerprint density at radius 2 is 1.83 bits per heavy atom. The highest BCUT2D eigenvalue weighted by molar-refractivity contribution is 6.11. The number of carbonyl (C=O) groups is 3. The predicted molar refractivity (Wildman–Crippen MR) is 115 cm³/mol. The monoisotopic (exact) mass is 404 g/mol. The van der Waals surface area contributed by atoms with Gasteiger partial charge in [0.1, 0.15) is 5.54 Å². The number of hydrogen-bond acceptors (Lipinski definition) is 3. The van der Waals surface area contributed by atoms with E-state index in [0.29, 0.717) is 17.9 Å². The van der Waals surface area contributed by atoms with Crippen LogP contribution >= 0.6 is 0 Å². The van der Waals surface area contributed by atoms with Gasteiger partial charge in [-0.05, 0) is 54.7 Å². The molecule has 0 bridgehead atoms. The molecule has 2 atom stereocenters. The molecule has 2 aliphatic rings. The Balaban J connectivity index is 1.57. The first kappa shape index (κ1) is 20.3. The number of hydrogen-bond donors (Lipinski definition) is 1. The van der Waals surface area contributed by atoms with Gasteiger partial charge in [-0.25, -0.2) is 4.79 Å². The molecule has 1 fully saturated rings. The van der Waals surface area contributed by atoms with Gasteiger partial charge < -0.3 is 5.32 Å². The van der Waals surface area contributed by atoms with Gasteiger partial charge in [0.15, 0.2) is 5.78 Å². The normalized spacial score (nSPS) is 21.9. The molecule has 2 aromatic carbocycles. The largest absolute Gasteiger partial charge is 0.325 e. The maximum atomic E-state index is 13.4. The van der Waals surface area contributed by atoms with Crippen molar-refractivity contribution in [3.05, 3.63) is 70.8 Å². The topological polar surface area (TPSA) is 66.5 Å². The summed E-state index contributed by atoms with van der Waals surface area (Å²) in [7, 11) is 0. The summed E-state index contributed by atoms with van der Waals surface area (Å²) in [6.07, 6.45) is 4.30. The second-order valence-electron chi connectivity index (χ2n) is 8.45. The number of fused-ring (bicyclic) bond motifs is 2. The van der Waals surface area contributed by atoms with Crippen LogP contribution in [0.3, 0.4) is 0 Å². The lowest BCUT2D eigenvalue weighted by molar-refractivity contribution is -0.131. The third kappa shape index (κ3) is 3.42. The molecule has 0 radical (unpaired) electrons. The number of nitrogens with zero attached hydrogens (tertiary/aromatic N) is 1. The molecule has 5 heteroatoms. The summed E-state index contributed by atoms with van der Waals surface area (Å²) in [5.41, 5.74) is 2.61. The molecule has 156 valence electrons. The van der Waals surface area contributed by atoms with Crippen molar-refractivity contribution in [3.63, 3.8) is 0 Å². The van der Waals surface area contributed by atoms with Crippen LogP contribution in [0.4, 0.5) is 4.79 Å². The third-order valence-corrected chi connectivity index (χ3v) is 6.62. The second-order valence-corrected chi connectivity index (χ2v) is 8.45. The zero-order valence-corrected chi connectivity index (χ0v) is 17.6. The number of aryl methyl sites for hydroxylation is 1. The number of Topliss-reactive ketones (excluding diaryl/α,β-unsaturated/α-hetero) is 1. The molecule has 0 saturated carbocycles. The smallest absolute Gasteiger partial charge is 0.319 e. The van der Waals surface area contributed by atoms with E-state index in [4.69, 9.17) is 0 Å². The first-order valence-electron chi connectivity index (χ1n) is 10.8. The molecule has 2 unspecified atom stereocenters. The minimum Gasteiger partial charge on any atom is -0.319 e. The minimum absolute atomic E-state index is 0.229. The molecule has 1 spiro atoms. The van der Waals surface area contributed by atoms with E-state index in [1.54, 1.807) is 12.1 Å². The Hall–Kier alpha value is -2.95. The SMILES string of the molecule is CCC(C)c1ccc(C(=O)CN2C(=O)NC3(CCCCc4ccccc43)C2=O)cc1. The van der Waals surface area contributed by atoms with Crippen LogP contribution in [0.1, 0.15) is 72.5 Å². The molecule has 1 saturated heterocycles. The molecule has 1 aliphatic heterocycles. The van der Waals surface area contributed by atoms with E-state index in [9.17, 15) is 14.4 Å². The average molecular weight is 405 g/mol. The lowest BCUT2D eigenvalue weighted by Crippen LogP contribution is -2.44. The fraction of sp³-hybridized carbons (Fsp3) is 0.400. The van der Waals surface area contributed by atoms with Crippen molar-refractivity contribution in [1.82, 2.24) is 10.2 Å². The molecular weight excluding hydrogens is 376 g/mol. The van der Waals surface area contributed by atoms with Crippen molar-refractivity contribution < 1.29 is 14.4 Å². The molecule has 4 rings (SSSR count). The van der Waals surface area contributed by atoms with Crippen LogP contribution in [0.15, 0.2) is 48.5 Å². The molecule has 1 aliphatic carbocycles. The van der Waals surface area contributed by atoms with Gasteiger partial charge in [-0.3, -0.25) is 14.5 Å². The van der Waals surface area contributed by atoms with Gasteiger partial charge in [-0.15, -0.1) is 0 Å². The van der Waals surface area contributed by atoms with Gasteiger partial charge in [0.2, 0.25) is 0 Å². The van der Waals surface area contributed by atoms with Gasteiger partial charge in [-0.1, -0.05) is 62.4 Å². The van der Waals surface area contributed by atoms with E-state index < -0.39 is 11.6 Å². The number of ketones is 1. The van der Waals surface area contributed by atoms with Crippen molar-refractivity contribution in [2.75, 3.05) is 6.54 Å². The zero-order valence-electron chi connectivity index (χ0n) is 17.6. The van der Waals surface area contributed by atoms with Crippen LogP contribution in [-0.2, 0) is 16.8 Å². The summed E-state index contributed by atoms with van der Waals surface area (Å²) < 4.78 is 0. The summed E-state index contributed by atoms with van der Waals surface area (Å²) >= 11 is 0. The average Bonchev–Trinajstić information content (AvgIpc) is 2.91. The number of rotatable bonds is 5. The Kier molecular flexibility index (Phi) is 5.46. The molecule has 1 N–H and O–H groups in total. The number of imide groups is 1.